The molecule has 2 amide bonds. The summed E-state index contributed by atoms with van der Waals surface area (Å²) in [5.74, 6) is -0.341. The number of carbonyl (C=O) groups is 2. The Morgan fingerprint density at radius 2 is 1.85 bits per heavy atom. The Hall–Kier alpha value is -3.56. The number of rotatable bonds is 12. The Morgan fingerprint density at radius 3 is 2.52 bits per heavy atom. The zero-order chi connectivity index (χ0) is 24.4. The topological polar surface area (TPSA) is 140 Å². The Kier molecular flexibility index (Phi) is 9.71. The molecule has 180 valence electrons. The maximum atomic E-state index is 13.1. The highest BCUT2D eigenvalue weighted by Gasteiger charge is 2.24. The van der Waals surface area contributed by atoms with Gasteiger partial charge in [-0.2, -0.15) is 0 Å². The molecule has 4 N–H and O–H groups in total. The predicted molar refractivity (Wildman–Crippen MR) is 128 cm³/mol. The second kappa shape index (κ2) is 12.5. The number of nitrogens with zero attached hydrogens (tertiary/aromatic N) is 2. The van der Waals surface area contributed by atoms with Crippen molar-refractivity contribution >= 4 is 23.3 Å². The van der Waals surface area contributed by atoms with Gasteiger partial charge in [-0.25, -0.2) is 4.79 Å². The number of hydrogen-bond donors (Lipinski definition) is 3. The van der Waals surface area contributed by atoms with Crippen LogP contribution in [0.1, 0.15) is 56.3 Å². The molecule has 1 heterocycles. The largest absolute Gasteiger partial charge is 0.496 e. The Balaban J connectivity index is 2.21. The second-order valence-corrected chi connectivity index (χ2v) is 7.60. The van der Waals surface area contributed by atoms with Crippen LogP contribution in [-0.2, 0) is 11.3 Å². The van der Waals surface area contributed by atoms with Crippen molar-refractivity contribution in [2.45, 2.75) is 52.5 Å². The SMILES string of the molecule is CCCCN(C(=O)CCNC(=O)c1ccccc1OC)c1c(N)n(CCCC)c(=O)[nH]c1=O. The van der Waals surface area contributed by atoms with E-state index in [0.29, 0.717) is 30.7 Å². The number of anilines is 2. The number of nitrogen functional groups attached to an aromatic ring is 1. The fourth-order valence-corrected chi connectivity index (χ4v) is 3.40. The van der Waals surface area contributed by atoms with Crippen LogP contribution >= 0.6 is 0 Å². The van der Waals surface area contributed by atoms with Gasteiger partial charge in [0, 0.05) is 26.1 Å². The molecule has 0 atom stereocenters. The summed E-state index contributed by atoms with van der Waals surface area (Å²) in [7, 11) is 1.48. The zero-order valence-electron chi connectivity index (χ0n) is 19.5. The van der Waals surface area contributed by atoms with E-state index in [0.717, 1.165) is 12.8 Å². The number of hydrogen-bond acceptors (Lipinski definition) is 6. The number of aromatic amines is 1. The van der Waals surface area contributed by atoms with Gasteiger partial charge in [-0.05, 0) is 25.0 Å². The summed E-state index contributed by atoms with van der Waals surface area (Å²) < 4.78 is 6.48. The summed E-state index contributed by atoms with van der Waals surface area (Å²) >= 11 is 0. The van der Waals surface area contributed by atoms with Crippen molar-refractivity contribution in [2.24, 2.45) is 0 Å². The number of nitrogens with two attached hydrogens (primary N) is 1. The molecule has 0 bridgehead atoms. The molecule has 1 aromatic heterocycles. The third-order valence-electron chi connectivity index (χ3n) is 5.23. The Bertz CT molecular complexity index is 1080. The van der Waals surface area contributed by atoms with Gasteiger partial charge in [0.05, 0.1) is 12.7 Å². The summed E-state index contributed by atoms with van der Waals surface area (Å²) in [5.41, 5.74) is 5.22. The van der Waals surface area contributed by atoms with Gasteiger partial charge >= 0.3 is 5.69 Å². The van der Waals surface area contributed by atoms with Crippen molar-refractivity contribution in [2.75, 3.05) is 30.8 Å². The van der Waals surface area contributed by atoms with E-state index in [9.17, 15) is 19.2 Å². The van der Waals surface area contributed by atoms with E-state index < -0.39 is 11.2 Å². The molecule has 0 unspecified atom stereocenters. The molecule has 0 spiro atoms. The van der Waals surface area contributed by atoms with E-state index in [1.54, 1.807) is 24.3 Å². The normalized spacial score (nSPS) is 10.6. The van der Waals surface area contributed by atoms with Gasteiger partial charge in [-0.1, -0.05) is 38.8 Å². The first-order valence-electron chi connectivity index (χ1n) is 11.2. The van der Waals surface area contributed by atoms with E-state index in [1.807, 2.05) is 13.8 Å². The first-order chi connectivity index (χ1) is 15.8. The second-order valence-electron chi connectivity index (χ2n) is 7.60. The fourth-order valence-electron chi connectivity index (χ4n) is 3.40. The highest BCUT2D eigenvalue weighted by molar-refractivity contribution is 5.98. The molecule has 0 aliphatic rings. The van der Waals surface area contributed by atoms with Crippen LogP contribution < -0.4 is 31.9 Å². The van der Waals surface area contributed by atoms with Crippen molar-refractivity contribution < 1.29 is 14.3 Å². The summed E-state index contributed by atoms with van der Waals surface area (Å²) in [6, 6.07) is 6.78. The lowest BCUT2D eigenvalue weighted by atomic mass is 10.2. The molecule has 10 heteroatoms. The quantitative estimate of drug-likeness (QED) is 0.443. The predicted octanol–water partition coefficient (Wildman–Crippen LogP) is 1.88. The standard InChI is InChI=1S/C23H33N5O5/c1-4-6-14-27(19-20(24)28(15-7-5-2)23(32)26-22(19)31)18(29)12-13-25-21(30)16-10-8-9-11-17(16)33-3/h8-11H,4-7,12-15,24H2,1-3H3,(H,25,30)(H,26,31,32). The number of para-hydroxylation sites is 1. The first kappa shape index (κ1) is 25.7. The average Bonchev–Trinajstić information content (AvgIpc) is 2.80. The number of H-pyrrole nitrogens is 1. The fraction of sp³-hybridized carbons (Fsp3) is 0.478. The summed E-state index contributed by atoms with van der Waals surface area (Å²) in [6.45, 7) is 4.62. The maximum absolute atomic E-state index is 13.1. The number of ether oxygens (including phenoxy) is 1. The third-order valence-corrected chi connectivity index (χ3v) is 5.23. The number of nitrogens with one attached hydrogen (secondary N) is 2. The molecule has 2 rings (SSSR count). The Morgan fingerprint density at radius 1 is 1.15 bits per heavy atom. The lowest BCUT2D eigenvalue weighted by Gasteiger charge is -2.24. The zero-order valence-corrected chi connectivity index (χ0v) is 19.5. The molecule has 33 heavy (non-hydrogen) atoms. The molecule has 10 nitrogen and oxygen atoms in total. The van der Waals surface area contributed by atoms with E-state index in [2.05, 4.69) is 10.3 Å². The minimum absolute atomic E-state index is 0.0276. The third kappa shape index (κ3) is 6.47. The first-order valence-corrected chi connectivity index (χ1v) is 11.2. The summed E-state index contributed by atoms with van der Waals surface area (Å²) in [6.07, 6.45) is 2.93. The lowest BCUT2D eigenvalue weighted by molar-refractivity contribution is -0.118. The minimum atomic E-state index is -0.701. The molecule has 2 aromatic rings. The van der Waals surface area contributed by atoms with Crippen LogP contribution in [0.4, 0.5) is 11.5 Å². The van der Waals surface area contributed by atoms with E-state index in [1.165, 1.54) is 16.6 Å². The van der Waals surface area contributed by atoms with E-state index in [4.69, 9.17) is 10.5 Å². The van der Waals surface area contributed by atoms with Crippen LogP contribution in [-0.4, -0.2) is 41.6 Å². The smallest absolute Gasteiger partial charge is 0.330 e. The molecule has 0 saturated heterocycles. The summed E-state index contributed by atoms with van der Waals surface area (Å²) in [5, 5.41) is 2.71. The number of unbranched alkanes of at least 4 members (excludes halogenated alkanes) is 2. The van der Waals surface area contributed by atoms with Crippen molar-refractivity contribution in [3.63, 3.8) is 0 Å². The Labute approximate surface area is 192 Å². The van der Waals surface area contributed by atoms with Gasteiger partial charge in [0.15, 0.2) is 5.69 Å². The van der Waals surface area contributed by atoms with Crippen LogP contribution in [0.3, 0.4) is 0 Å². The summed E-state index contributed by atoms with van der Waals surface area (Å²) in [4.78, 5) is 54.0. The van der Waals surface area contributed by atoms with Crippen LogP contribution in [0.25, 0.3) is 0 Å². The molecule has 0 aliphatic carbocycles. The molecule has 0 fully saturated rings. The highest BCUT2D eigenvalue weighted by Crippen LogP contribution is 2.19. The monoisotopic (exact) mass is 459 g/mol. The number of methoxy groups -OCH3 is 1. The van der Waals surface area contributed by atoms with Gasteiger partial charge in [0.2, 0.25) is 5.91 Å². The number of aromatic nitrogens is 2. The van der Waals surface area contributed by atoms with Crippen molar-refractivity contribution in [3.05, 3.63) is 50.7 Å². The van der Waals surface area contributed by atoms with Crippen LogP contribution in [0.5, 0.6) is 5.75 Å². The highest BCUT2D eigenvalue weighted by atomic mass is 16.5. The van der Waals surface area contributed by atoms with Gasteiger partial charge < -0.3 is 20.7 Å². The van der Waals surface area contributed by atoms with Crippen molar-refractivity contribution in [1.82, 2.24) is 14.9 Å². The number of amides is 2. The number of benzene rings is 1. The van der Waals surface area contributed by atoms with Crippen molar-refractivity contribution in [1.29, 1.82) is 0 Å². The molecule has 0 aliphatic heterocycles. The van der Waals surface area contributed by atoms with Gasteiger partial charge in [0.25, 0.3) is 11.5 Å². The molecular formula is C23H33N5O5. The average molecular weight is 460 g/mol. The van der Waals surface area contributed by atoms with Crippen LogP contribution in [0.15, 0.2) is 33.9 Å². The molecule has 1 aromatic carbocycles. The van der Waals surface area contributed by atoms with Crippen LogP contribution in [0.2, 0.25) is 0 Å². The molecular weight excluding hydrogens is 426 g/mol. The van der Waals surface area contributed by atoms with Crippen LogP contribution in [0, 0.1) is 0 Å². The lowest BCUT2D eigenvalue weighted by Crippen LogP contribution is -2.42. The molecule has 0 radical (unpaired) electrons. The van der Waals surface area contributed by atoms with E-state index >= 15 is 0 Å². The maximum Gasteiger partial charge on any atom is 0.330 e. The van der Waals surface area contributed by atoms with E-state index in [-0.39, 0.29) is 42.8 Å². The molecule has 0 saturated carbocycles. The van der Waals surface area contributed by atoms with Gasteiger partial charge in [0.1, 0.15) is 11.6 Å². The minimum Gasteiger partial charge on any atom is -0.496 e. The van der Waals surface area contributed by atoms with Gasteiger partial charge in [-0.3, -0.25) is 23.9 Å². The number of carbonyl (C=O) groups excluding carboxylic acids is 2. The van der Waals surface area contributed by atoms with Gasteiger partial charge in [-0.15, -0.1) is 0 Å². The van der Waals surface area contributed by atoms with Crippen molar-refractivity contribution in [3.8, 4) is 5.75 Å².